The molecular weight excluding hydrogens is 232 g/mol. The molecule has 98 valence electrons. The van der Waals surface area contributed by atoms with Gasteiger partial charge in [0.15, 0.2) is 12.1 Å². The molecular formula is C14H18O4. The molecule has 2 rings (SSSR count). The Labute approximate surface area is 107 Å². The Kier molecular flexibility index (Phi) is 4.11. The topological polar surface area (TPSA) is 44.8 Å². The summed E-state index contributed by atoms with van der Waals surface area (Å²) in [6.07, 6.45) is -0.147. The number of aldehydes is 1. The maximum atomic E-state index is 11.1. The van der Waals surface area contributed by atoms with Gasteiger partial charge >= 0.3 is 0 Å². The Morgan fingerprint density at radius 3 is 2.72 bits per heavy atom. The van der Waals surface area contributed by atoms with Crippen LogP contribution in [0.4, 0.5) is 0 Å². The van der Waals surface area contributed by atoms with Gasteiger partial charge in [-0.1, -0.05) is 30.3 Å². The van der Waals surface area contributed by atoms with E-state index in [9.17, 15) is 4.79 Å². The molecule has 18 heavy (non-hydrogen) atoms. The molecule has 0 N–H and O–H groups in total. The first-order valence-electron chi connectivity index (χ1n) is 6.03. The fraction of sp³-hybridized carbons (Fsp3) is 0.500. The predicted molar refractivity (Wildman–Crippen MR) is 66.0 cm³/mol. The Morgan fingerprint density at radius 1 is 1.44 bits per heavy atom. The van der Waals surface area contributed by atoms with Crippen LogP contribution in [0.1, 0.15) is 19.4 Å². The van der Waals surface area contributed by atoms with Crippen LogP contribution in [0.25, 0.3) is 0 Å². The summed E-state index contributed by atoms with van der Waals surface area (Å²) in [6, 6.07) is 9.73. The van der Waals surface area contributed by atoms with Crippen molar-refractivity contribution in [3.63, 3.8) is 0 Å². The highest BCUT2D eigenvalue weighted by atomic mass is 16.7. The second kappa shape index (κ2) is 5.61. The van der Waals surface area contributed by atoms with Gasteiger partial charge in [0.25, 0.3) is 0 Å². The van der Waals surface area contributed by atoms with Gasteiger partial charge in [-0.3, -0.25) is 0 Å². The molecule has 1 aromatic carbocycles. The van der Waals surface area contributed by atoms with Crippen molar-refractivity contribution in [2.75, 3.05) is 6.61 Å². The van der Waals surface area contributed by atoms with Crippen LogP contribution in [0.5, 0.6) is 0 Å². The summed E-state index contributed by atoms with van der Waals surface area (Å²) in [5.41, 5.74) is 1.03. The third kappa shape index (κ3) is 3.38. The van der Waals surface area contributed by atoms with E-state index >= 15 is 0 Å². The lowest BCUT2D eigenvalue weighted by Crippen LogP contribution is -2.34. The molecule has 1 aliphatic rings. The highest BCUT2D eigenvalue weighted by Gasteiger charge is 2.37. The van der Waals surface area contributed by atoms with Gasteiger partial charge in [0.05, 0.1) is 13.2 Å². The van der Waals surface area contributed by atoms with Crippen molar-refractivity contribution in [3.05, 3.63) is 35.9 Å². The number of hydrogen-bond acceptors (Lipinski definition) is 4. The van der Waals surface area contributed by atoms with Gasteiger partial charge < -0.3 is 19.0 Å². The average Bonchev–Trinajstić information content (AvgIpc) is 2.72. The van der Waals surface area contributed by atoms with Crippen LogP contribution in [0.15, 0.2) is 30.3 Å². The van der Waals surface area contributed by atoms with E-state index in [0.29, 0.717) is 13.2 Å². The Balaban J connectivity index is 1.89. The normalized spacial score (nSPS) is 23.8. The lowest BCUT2D eigenvalue weighted by Gasteiger charge is -2.20. The smallest absolute Gasteiger partial charge is 0.163 e. The van der Waals surface area contributed by atoms with Crippen LogP contribution in [0.3, 0.4) is 0 Å². The molecule has 2 atom stereocenters. The summed E-state index contributed by atoms with van der Waals surface area (Å²) in [6.45, 7) is 4.42. The standard InChI is InChI=1S/C14H18O4/c1-14(2)17-10-13(18-14)12(8-15)16-9-11-6-4-3-5-7-11/h3-8,12-13H,9-10H2,1-2H3/t12-,13-/m0/s1. The van der Waals surface area contributed by atoms with Crippen molar-refractivity contribution in [3.8, 4) is 0 Å². The highest BCUT2D eigenvalue weighted by Crippen LogP contribution is 2.25. The molecule has 1 aliphatic heterocycles. The minimum absolute atomic E-state index is 0.332. The van der Waals surface area contributed by atoms with Gasteiger partial charge in [0.2, 0.25) is 0 Å². The van der Waals surface area contributed by atoms with Crippen molar-refractivity contribution in [1.82, 2.24) is 0 Å². The van der Waals surface area contributed by atoms with Crippen molar-refractivity contribution < 1.29 is 19.0 Å². The Hall–Kier alpha value is -1.23. The summed E-state index contributed by atoms with van der Waals surface area (Å²) in [7, 11) is 0. The molecule has 4 nitrogen and oxygen atoms in total. The number of rotatable bonds is 5. The maximum absolute atomic E-state index is 11.1. The summed E-state index contributed by atoms with van der Waals surface area (Å²) in [5, 5.41) is 0. The van der Waals surface area contributed by atoms with Gasteiger partial charge in [-0.05, 0) is 19.4 Å². The number of benzene rings is 1. The van der Waals surface area contributed by atoms with Gasteiger partial charge in [0, 0.05) is 0 Å². The molecule has 1 heterocycles. The van der Waals surface area contributed by atoms with Crippen LogP contribution in [-0.4, -0.2) is 30.9 Å². The molecule has 4 heteroatoms. The van der Waals surface area contributed by atoms with Gasteiger partial charge in [-0.25, -0.2) is 0 Å². The number of hydrogen-bond donors (Lipinski definition) is 0. The minimum Gasteiger partial charge on any atom is -0.363 e. The monoisotopic (exact) mass is 250 g/mol. The first kappa shape index (κ1) is 13.2. The number of carbonyl (C=O) groups is 1. The fourth-order valence-electron chi connectivity index (χ4n) is 1.88. The van der Waals surface area contributed by atoms with Crippen LogP contribution < -0.4 is 0 Å². The predicted octanol–water partition coefficient (Wildman–Crippen LogP) is 1.92. The van der Waals surface area contributed by atoms with E-state index in [0.717, 1.165) is 11.8 Å². The highest BCUT2D eigenvalue weighted by molar-refractivity contribution is 5.57. The van der Waals surface area contributed by atoms with Crippen molar-refractivity contribution in [2.24, 2.45) is 0 Å². The lowest BCUT2D eigenvalue weighted by atomic mass is 10.2. The van der Waals surface area contributed by atoms with Crippen molar-refractivity contribution >= 4 is 6.29 Å². The second-order valence-corrected chi connectivity index (χ2v) is 4.76. The van der Waals surface area contributed by atoms with Gasteiger partial charge in [-0.15, -0.1) is 0 Å². The second-order valence-electron chi connectivity index (χ2n) is 4.76. The van der Waals surface area contributed by atoms with Crippen molar-refractivity contribution in [1.29, 1.82) is 0 Å². The molecule has 0 aliphatic carbocycles. The molecule has 0 saturated carbocycles. The summed E-state index contributed by atoms with van der Waals surface area (Å²) >= 11 is 0. The summed E-state index contributed by atoms with van der Waals surface area (Å²) in [5.74, 6) is -0.637. The number of carbonyl (C=O) groups excluding carboxylic acids is 1. The average molecular weight is 250 g/mol. The van der Waals surface area contributed by atoms with E-state index in [-0.39, 0.29) is 6.10 Å². The van der Waals surface area contributed by atoms with E-state index in [4.69, 9.17) is 14.2 Å². The molecule has 0 bridgehead atoms. The molecule has 0 aromatic heterocycles. The first-order valence-corrected chi connectivity index (χ1v) is 6.03. The molecule has 0 amide bonds. The number of ether oxygens (including phenoxy) is 3. The Morgan fingerprint density at radius 2 is 2.17 bits per heavy atom. The summed E-state index contributed by atoms with van der Waals surface area (Å²) < 4.78 is 16.6. The lowest BCUT2D eigenvalue weighted by molar-refractivity contribution is -0.160. The molecule has 0 spiro atoms. The van der Waals surface area contributed by atoms with Gasteiger partial charge in [0.1, 0.15) is 12.2 Å². The van der Waals surface area contributed by atoms with Crippen LogP contribution in [0.2, 0.25) is 0 Å². The summed E-state index contributed by atoms with van der Waals surface area (Å²) in [4.78, 5) is 11.1. The molecule has 1 aromatic rings. The van der Waals surface area contributed by atoms with Crippen LogP contribution in [0, 0.1) is 0 Å². The van der Waals surface area contributed by atoms with E-state index < -0.39 is 11.9 Å². The molecule has 1 saturated heterocycles. The maximum Gasteiger partial charge on any atom is 0.163 e. The largest absolute Gasteiger partial charge is 0.363 e. The van der Waals surface area contributed by atoms with E-state index in [2.05, 4.69) is 0 Å². The van der Waals surface area contributed by atoms with E-state index in [1.165, 1.54) is 0 Å². The molecule has 1 fully saturated rings. The Bertz CT molecular complexity index is 388. The zero-order chi connectivity index (χ0) is 13.0. The van der Waals surface area contributed by atoms with Crippen LogP contribution >= 0.6 is 0 Å². The third-order valence-electron chi connectivity index (χ3n) is 2.82. The molecule has 0 radical (unpaired) electrons. The minimum atomic E-state index is -0.637. The van der Waals surface area contributed by atoms with Crippen LogP contribution in [-0.2, 0) is 25.6 Å². The van der Waals surface area contributed by atoms with Gasteiger partial charge in [-0.2, -0.15) is 0 Å². The first-order chi connectivity index (χ1) is 8.61. The van der Waals surface area contributed by atoms with E-state index in [1.807, 2.05) is 44.2 Å². The molecule has 0 unspecified atom stereocenters. The van der Waals surface area contributed by atoms with Crippen molar-refractivity contribution in [2.45, 2.75) is 38.4 Å². The quantitative estimate of drug-likeness (QED) is 0.749. The fourth-order valence-corrected chi connectivity index (χ4v) is 1.88. The SMILES string of the molecule is CC1(C)OC[C@@H]([C@H](C=O)OCc2ccccc2)O1. The van der Waals surface area contributed by atoms with E-state index in [1.54, 1.807) is 0 Å². The third-order valence-corrected chi connectivity index (χ3v) is 2.82. The zero-order valence-corrected chi connectivity index (χ0v) is 10.7. The zero-order valence-electron chi connectivity index (χ0n) is 10.7.